The third kappa shape index (κ3) is 4.64. The number of nitrogens with zero attached hydrogens (tertiary/aromatic N) is 1. The topological polar surface area (TPSA) is 66.8 Å². The minimum atomic E-state index is -1.23. The summed E-state index contributed by atoms with van der Waals surface area (Å²) in [5.74, 6) is -0.834. The fourth-order valence-corrected chi connectivity index (χ4v) is 1.24. The molecule has 0 aromatic heterocycles. The van der Waals surface area contributed by atoms with E-state index < -0.39 is 17.6 Å². The number of hydrogen-bond acceptors (Lipinski definition) is 3. The van der Waals surface area contributed by atoms with Gasteiger partial charge in [0, 0.05) is 13.7 Å². The molecule has 0 aliphatic carbocycles. The van der Waals surface area contributed by atoms with E-state index in [1.54, 1.807) is 6.92 Å². The van der Waals surface area contributed by atoms with E-state index in [2.05, 4.69) is 13.8 Å². The molecular weight excluding hydrogens is 234 g/mol. The summed E-state index contributed by atoms with van der Waals surface area (Å²) in [6.45, 7) is 9.30. The van der Waals surface area contributed by atoms with Gasteiger partial charge in [0.05, 0.1) is 0 Å². The molecule has 0 rings (SSSR count). The van der Waals surface area contributed by atoms with Gasteiger partial charge in [-0.2, -0.15) is 0 Å². The molecule has 0 heterocycles. The Morgan fingerprint density at radius 3 is 2.17 bits per heavy atom. The van der Waals surface area contributed by atoms with Crippen LogP contribution in [0.4, 0.5) is 0 Å². The molecule has 0 spiro atoms. The van der Waals surface area contributed by atoms with Crippen molar-refractivity contribution in [2.24, 2.45) is 5.92 Å². The van der Waals surface area contributed by atoms with Gasteiger partial charge in [-0.25, -0.2) is 4.79 Å². The first-order valence-corrected chi connectivity index (χ1v) is 6.23. The summed E-state index contributed by atoms with van der Waals surface area (Å²) in [6, 6.07) is 0. The second-order valence-corrected chi connectivity index (χ2v) is 5.46. The van der Waals surface area contributed by atoms with Crippen LogP contribution in [0.2, 0.25) is 0 Å². The van der Waals surface area contributed by atoms with Crippen molar-refractivity contribution in [2.45, 2.75) is 52.7 Å². The minimum Gasteiger partial charge on any atom is -0.480 e. The molecule has 1 atom stereocenters. The van der Waals surface area contributed by atoms with E-state index >= 15 is 0 Å². The Kier molecular flexibility index (Phi) is 6.32. The number of carbonyl (C=O) groups excluding carboxylic acids is 1. The second-order valence-electron chi connectivity index (χ2n) is 5.46. The van der Waals surface area contributed by atoms with E-state index in [0.29, 0.717) is 12.5 Å². The molecule has 18 heavy (non-hydrogen) atoms. The summed E-state index contributed by atoms with van der Waals surface area (Å²) in [4.78, 5) is 24.3. The van der Waals surface area contributed by atoms with Crippen LogP contribution in [0.1, 0.15) is 41.0 Å². The Morgan fingerprint density at radius 2 is 1.78 bits per heavy atom. The third-order valence-corrected chi connectivity index (χ3v) is 3.10. The van der Waals surface area contributed by atoms with Crippen molar-refractivity contribution in [2.75, 3.05) is 13.7 Å². The molecule has 106 valence electrons. The fraction of sp³-hybridized carbons (Fsp3) is 0.846. The lowest BCUT2D eigenvalue weighted by Crippen LogP contribution is -2.53. The molecule has 0 aliphatic heterocycles. The summed E-state index contributed by atoms with van der Waals surface area (Å²) in [7, 11) is 1.48. The van der Waals surface area contributed by atoms with Crippen LogP contribution in [0.25, 0.3) is 0 Å². The number of aliphatic carboxylic acids is 1. The van der Waals surface area contributed by atoms with E-state index in [0.717, 1.165) is 6.42 Å². The number of amides is 1. The number of carboxylic acid groups (broad SMARTS) is 1. The SMILES string of the molecule is CC(C)CCOC(C)C(=O)N(C)C(C)(C)C(=O)O. The van der Waals surface area contributed by atoms with Gasteiger partial charge in [-0.05, 0) is 33.1 Å². The molecule has 5 heteroatoms. The van der Waals surface area contributed by atoms with Gasteiger partial charge in [-0.15, -0.1) is 0 Å². The molecule has 1 amide bonds. The molecule has 0 saturated heterocycles. The zero-order valence-electron chi connectivity index (χ0n) is 12.2. The molecule has 0 saturated carbocycles. The molecule has 1 N–H and O–H groups in total. The lowest BCUT2D eigenvalue weighted by atomic mass is 10.0. The number of hydrogen-bond donors (Lipinski definition) is 1. The van der Waals surface area contributed by atoms with Gasteiger partial charge < -0.3 is 14.7 Å². The van der Waals surface area contributed by atoms with Crippen molar-refractivity contribution in [3.63, 3.8) is 0 Å². The van der Waals surface area contributed by atoms with Crippen LogP contribution >= 0.6 is 0 Å². The van der Waals surface area contributed by atoms with Crippen LogP contribution in [0.15, 0.2) is 0 Å². The number of carbonyl (C=O) groups is 2. The van der Waals surface area contributed by atoms with Gasteiger partial charge >= 0.3 is 5.97 Å². The van der Waals surface area contributed by atoms with E-state index in [1.807, 2.05) is 0 Å². The van der Waals surface area contributed by atoms with Crippen molar-refractivity contribution in [3.8, 4) is 0 Å². The normalized spacial score (nSPS) is 13.5. The standard InChI is InChI=1S/C13H25NO4/c1-9(2)7-8-18-10(3)11(15)14(6)13(4,5)12(16)17/h9-10H,7-8H2,1-6H3,(H,16,17). The smallest absolute Gasteiger partial charge is 0.329 e. The van der Waals surface area contributed by atoms with E-state index in [-0.39, 0.29) is 5.91 Å². The largest absolute Gasteiger partial charge is 0.480 e. The molecule has 1 unspecified atom stereocenters. The first-order valence-electron chi connectivity index (χ1n) is 6.23. The van der Waals surface area contributed by atoms with E-state index in [1.165, 1.54) is 25.8 Å². The number of rotatable bonds is 7. The summed E-state index contributed by atoms with van der Waals surface area (Å²) in [5.41, 5.74) is -1.23. The number of likely N-dealkylation sites (N-methyl/N-ethyl adjacent to an activating group) is 1. The molecule has 0 bridgehead atoms. The Bertz CT molecular complexity index is 299. The predicted molar refractivity (Wildman–Crippen MR) is 69.4 cm³/mol. The molecule has 0 fully saturated rings. The Hall–Kier alpha value is -1.10. The summed E-state index contributed by atoms with van der Waals surface area (Å²) < 4.78 is 5.43. The Morgan fingerprint density at radius 1 is 1.28 bits per heavy atom. The maximum atomic E-state index is 12.0. The van der Waals surface area contributed by atoms with Crippen LogP contribution in [-0.2, 0) is 14.3 Å². The Balaban J connectivity index is 4.42. The highest BCUT2D eigenvalue weighted by Gasteiger charge is 2.36. The summed E-state index contributed by atoms with van der Waals surface area (Å²) in [5, 5.41) is 9.06. The Labute approximate surface area is 109 Å². The van der Waals surface area contributed by atoms with Gasteiger partial charge in [0.2, 0.25) is 0 Å². The van der Waals surface area contributed by atoms with Gasteiger partial charge in [0.1, 0.15) is 11.6 Å². The lowest BCUT2D eigenvalue weighted by molar-refractivity contribution is -0.160. The van der Waals surface area contributed by atoms with Gasteiger partial charge in [-0.3, -0.25) is 4.79 Å². The zero-order chi connectivity index (χ0) is 14.5. The quantitative estimate of drug-likeness (QED) is 0.756. The maximum Gasteiger partial charge on any atom is 0.329 e. The molecular formula is C13H25NO4. The monoisotopic (exact) mass is 259 g/mol. The molecule has 0 aliphatic rings. The highest BCUT2D eigenvalue weighted by Crippen LogP contribution is 2.15. The van der Waals surface area contributed by atoms with Gasteiger partial charge in [0.25, 0.3) is 5.91 Å². The fourth-order valence-electron chi connectivity index (χ4n) is 1.24. The van der Waals surface area contributed by atoms with Crippen LogP contribution in [0, 0.1) is 5.92 Å². The third-order valence-electron chi connectivity index (χ3n) is 3.10. The minimum absolute atomic E-state index is 0.314. The zero-order valence-corrected chi connectivity index (χ0v) is 12.2. The van der Waals surface area contributed by atoms with Gasteiger partial charge in [0.15, 0.2) is 0 Å². The average Bonchev–Trinajstić information content (AvgIpc) is 2.25. The van der Waals surface area contributed by atoms with Crippen molar-refractivity contribution < 1.29 is 19.4 Å². The van der Waals surface area contributed by atoms with Crippen molar-refractivity contribution in [3.05, 3.63) is 0 Å². The van der Waals surface area contributed by atoms with Crippen LogP contribution < -0.4 is 0 Å². The van der Waals surface area contributed by atoms with Crippen LogP contribution in [0.3, 0.4) is 0 Å². The maximum absolute atomic E-state index is 12.0. The average molecular weight is 259 g/mol. The highest BCUT2D eigenvalue weighted by atomic mass is 16.5. The van der Waals surface area contributed by atoms with Crippen molar-refractivity contribution in [1.29, 1.82) is 0 Å². The highest BCUT2D eigenvalue weighted by molar-refractivity contribution is 5.88. The van der Waals surface area contributed by atoms with Gasteiger partial charge in [-0.1, -0.05) is 13.8 Å². The lowest BCUT2D eigenvalue weighted by Gasteiger charge is -2.33. The van der Waals surface area contributed by atoms with Crippen LogP contribution in [0.5, 0.6) is 0 Å². The first kappa shape index (κ1) is 16.9. The predicted octanol–water partition coefficient (Wildman–Crippen LogP) is 1.76. The summed E-state index contributed by atoms with van der Waals surface area (Å²) in [6.07, 6.45) is 0.260. The first-order chi connectivity index (χ1) is 8.10. The van der Waals surface area contributed by atoms with E-state index in [9.17, 15) is 9.59 Å². The second kappa shape index (κ2) is 6.73. The molecule has 0 aromatic rings. The van der Waals surface area contributed by atoms with Crippen molar-refractivity contribution in [1.82, 2.24) is 4.90 Å². The molecule has 0 radical (unpaired) electrons. The van der Waals surface area contributed by atoms with Crippen molar-refractivity contribution >= 4 is 11.9 Å². The summed E-state index contributed by atoms with van der Waals surface area (Å²) >= 11 is 0. The molecule has 0 aromatic carbocycles. The van der Waals surface area contributed by atoms with Crippen LogP contribution in [-0.4, -0.2) is 47.2 Å². The molecule has 5 nitrogen and oxygen atoms in total. The van der Waals surface area contributed by atoms with E-state index in [4.69, 9.17) is 9.84 Å². The number of ether oxygens (including phenoxy) is 1. The number of carboxylic acids is 1.